The van der Waals surface area contributed by atoms with Crippen molar-refractivity contribution in [1.82, 2.24) is 14.8 Å². The van der Waals surface area contributed by atoms with Crippen LogP contribution >= 0.6 is 11.6 Å². The molecule has 0 unspecified atom stereocenters. The van der Waals surface area contributed by atoms with Crippen molar-refractivity contribution >= 4 is 29.0 Å². The fourth-order valence-electron chi connectivity index (χ4n) is 3.45. The van der Waals surface area contributed by atoms with Gasteiger partial charge in [0.2, 0.25) is 0 Å². The summed E-state index contributed by atoms with van der Waals surface area (Å²) >= 11 is 4.76. The van der Waals surface area contributed by atoms with Gasteiger partial charge in [-0.25, -0.2) is 4.98 Å². The minimum atomic E-state index is -3.80. The maximum absolute atomic E-state index is 12.8. The molecule has 0 bridgehead atoms. The molecule has 1 aromatic carbocycles. The van der Waals surface area contributed by atoms with Crippen LogP contribution in [0.5, 0.6) is 5.75 Å². The van der Waals surface area contributed by atoms with Crippen LogP contribution in [0.4, 0.5) is 20.3 Å². The van der Waals surface area contributed by atoms with Crippen LogP contribution in [-0.2, 0) is 7.05 Å². The molecule has 1 saturated heterocycles. The lowest BCUT2D eigenvalue weighted by molar-refractivity contribution is -0.0964. The summed E-state index contributed by atoms with van der Waals surface area (Å²) in [4.78, 5) is 19.5. The molecular formula is C21H20ClF2N5O2. The predicted octanol–water partition coefficient (Wildman–Crippen LogP) is 4.50. The van der Waals surface area contributed by atoms with E-state index in [9.17, 15) is 13.6 Å². The molecule has 1 aliphatic rings. The quantitative estimate of drug-likeness (QED) is 0.563. The summed E-state index contributed by atoms with van der Waals surface area (Å²) in [5.74, 6) is 0.303. The summed E-state index contributed by atoms with van der Waals surface area (Å²) < 4.78 is 31.4. The molecule has 0 spiro atoms. The minimum Gasteiger partial charge on any atom is -0.420 e. The van der Waals surface area contributed by atoms with Gasteiger partial charge < -0.3 is 15.0 Å². The molecule has 1 fully saturated rings. The van der Waals surface area contributed by atoms with E-state index in [1.165, 1.54) is 30.5 Å². The highest BCUT2D eigenvalue weighted by Gasteiger charge is 2.27. The topological polar surface area (TPSA) is 72.3 Å². The summed E-state index contributed by atoms with van der Waals surface area (Å²) in [6.45, 7) is 1.82. The number of aromatic nitrogens is 3. The van der Waals surface area contributed by atoms with Crippen LogP contribution in [0.3, 0.4) is 0 Å². The van der Waals surface area contributed by atoms with Crippen molar-refractivity contribution in [1.29, 1.82) is 0 Å². The van der Waals surface area contributed by atoms with Crippen LogP contribution in [0, 0.1) is 0 Å². The first-order chi connectivity index (χ1) is 14.8. The van der Waals surface area contributed by atoms with E-state index < -0.39 is 5.57 Å². The molecular weight excluding hydrogens is 428 g/mol. The van der Waals surface area contributed by atoms with Gasteiger partial charge in [-0.1, -0.05) is 0 Å². The number of rotatable bonds is 6. The summed E-state index contributed by atoms with van der Waals surface area (Å²) in [6.07, 6.45) is 5.56. The molecule has 1 aliphatic heterocycles. The van der Waals surface area contributed by atoms with Crippen molar-refractivity contribution in [3.8, 4) is 17.0 Å². The average Bonchev–Trinajstić information content (AvgIpc) is 3.40. The summed E-state index contributed by atoms with van der Waals surface area (Å²) in [5.41, 5.74) is -1.51. The van der Waals surface area contributed by atoms with Gasteiger partial charge in [-0.05, 0) is 49.2 Å². The largest absolute Gasteiger partial charge is 0.487 e. The standard InChI is InChI=1S/C21H20ClF2N5O2/c1-28-11-8-18(27-28)17-12-14(13-25-19(17)29-9-2-3-10-29)20(30)26-15-4-6-16(7-5-15)31-21(22,23)24/h4-8,11-13H,2-3,9-10H2,1H3,(H,26,30). The molecule has 3 heterocycles. The Labute approximate surface area is 182 Å². The first-order valence-corrected chi connectivity index (χ1v) is 10.1. The van der Waals surface area contributed by atoms with Crippen molar-refractivity contribution in [3.05, 3.63) is 54.4 Å². The first-order valence-electron chi connectivity index (χ1n) is 9.71. The van der Waals surface area contributed by atoms with Crippen molar-refractivity contribution < 1.29 is 18.3 Å². The summed E-state index contributed by atoms with van der Waals surface area (Å²) in [7, 11) is 1.83. The van der Waals surface area contributed by atoms with E-state index in [2.05, 4.69) is 25.0 Å². The maximum Gasteiger partial charge on any atom is 0.487 e. The Balaban J connectivity index is 1.57. The van der Waals surface area contributed by atoms with Crippen molar-refractivity contribution in [2.24, 2.45) is 7.05 Å². The summed E-state index contributed by atoms with van der Waals surface area (Å²) in [6, 6.07) is 9.12. The molecule has 7 nitrogen and oxygen atoms in total. The zero-order valence-electron chi connectivity index (χ0n) is 16.7. The molecule has 0 atom stereocenters. The Morgan fingerprint density at radius 3 is 2.52 bits per heavy atom. The molecule has 4 rings (SSSR count). The number of carbonyl (C=O) groups is 1. The lowest BCUT2D eigenvalue weighted by Gasteiger charge is -2.20. The number of benzene rings is 1. The fraction of sp³-hybridized carbons (Fsp3) is 0.286. The van der Waals surface area contributed by atoms with Gasteiger partial charge in [-0.3, -0.25) is 9.48 Å². The van der Waals surface area contributed by atoms with Gasteiger partial charge in [-0.2, -0.15) is 5.10 Å². The lowest BCUT2D eigenvalue weighted by atomic mass is 10.1. The third-order valence-electron chi connectivity index (χ3n) is 4.87. The van der Waals surface area contributed by atoms with E-state index in [0.717, 1.165) is 43.0 Å². The van der Waals surface area contributed by atoms with Gasteiger partial charge in [0.25, 0.3) is 5.91 Å². The molecule has 1 N–H and O–H groups in total. The van der Waals surface area contributed by atoms with Gasteiger partial charge in [0.1, 0.15) is 11.6 Å². The minimum absolute atomic E-state index is 0.118. The Bertz CT molecular complexity index is 1080. The number of nitrogens with one attached hydrogen (secondary N) is 1. The number of ether oxygens (including phenoxy) is 1. The number of anilines is 2. The van der Waals surface area contributed by atoms with E-state index >= 15 is 0 Å². The van der Waals surface area contributed by atoms with Crippen LogP contribution < -0.4 is 15.0 Å². The smallest absolute Gasteiger partial charge is 0.420 e. The molecule has 10 heteroatoms. The van der Waals surface area contributed by atoms with Crippen molar-refractivity contribution in [3.63, 3.8) is 0 Å². The van der Waals surface area contributed by atoms with Gasteiger partial charge in [0, 0.05) is 55.4 Å². The van der Waals surface area contributed by atoms with E-state index in [1.807, 2.05) is 19.3 Å². The van der Waals surface area contributed by atoms with Crippen LogP contribution in [0.2, 0.25) is 0 Å². The fourth-order valence-corrected chi connectivity index (χ4v) is 3.54. The SMILES string of the molecule is Cn1ccc(-c2cc(C(=O)Nc3ccc(OC(F)(F)Cl)cc3)cnc2N2CCCC2)n1. The lowest BCUT2D eigenvalue weighted by Crippen LogP contribution is -2.21. The Hall–Kier alpha value is -3.20. The van der Waals surface area contributed by atoms with E-state index in [1.54, 1.807) is 10.7 Å². The highest BCUT2D eigenvalue weighted by atomic mass is 35.5. The molecule has 0 radical (unpaired) electrons. The first kappa shape index (κ1) is 21.0. The molecule has 0 aliphatic carbocycles. The monoisotopic (exact) mass is 447 g/mol. The number of hydrogen-bond donors (Lipinski definition) is 1. The number of alkyl halides is 3. The zero-order valence-corrected chi connectivity index (χ0v) is 17.4. The highest BCUT2D eigenvalue weighted by Crippen LogP contribution is 2.31. The van der Waals surface area contributed by atoms with Gasteiger partial charge in [-0.15, -0.1) is 8.78 Å². The molecule has 31 heavy (non-hydrogen) atoms. The van der Waals surface area contributed by atoms with Crippen LogP contribution in [0.15, 0.2) is 48.8 Å². The Morgan fingerprint density at radius 2 is 1.90 bits per heavy atom. The van der Waals surface area contributed by atoms with Crippen molar-refractivity contribution in [2.45, 2.75) is 18.4 Å². The third kappa shape index (κ3) is 5.11. The predicted molar refractivity (Wildman–Crippen MR) is 114 cm³/mol. The number of amides is 1. The van der Waals surface area contributed by atoms with Crippen LogP contribution in [0.1, 0.15) is 23.2 Å². The number of halogens is 3. The van der Waals surface area contributed by atoms with Crippen molar-refractivity contribution in [2.75, 3.05) is 23.3 Å². The second-order valence-electron chi connectivity index (χ2n) is 7.19. The van der Waals surface area contributed by atoms with E-state index in [-0.39, 0.29) is 11.7 Å². The van der Waals surface area contributed by atoms with Crippen LogP contribution in [-0.4, -0.2) is 39.3 Å². The molecule has 1 amide bonds. The number of aryl methyl sites for hydroxylation is 1. The van der Waals surface area contributed by atoms with E-state index in [0.29, 0.717) is 11.3 Å². The highest BCUT2D eigenvalue weighted by molar-refractivity contribution is 6.20. The van der Waals surface area contributed by atoms with E-state index in [4.69, 9.17) is 11.6 Å². The number of hydrogen-bond acceptors (Lipinski definition) is 5. The van der Waals surface area contributed by atoms with Gasteiger partial charge in [0.15, 0.2) is 0 Å². The average molecular weight is 448 g/mol. The Morgan fingerprint density at radius 1 is 1.19 bits per heavy atom. The second kappa shape index (κ2) is 8.50. The third-order valence-corrected chi connectivity index (χ3v) is 4.95. The zero-order chi connectivity index (χ0) is 22.0. The van der Waals surface area contributed by atoms with Crippen LogP contribution in [0.25, 0.3) is 11.3 Å². The van der Waals surface area contributed by atoms with Gasteiger partial charge in [0.05, 0.1) is 11.3 Å². The molecule has 0 saturated carbocycles. The number of carbonyl (C=O) groups excluding carboxylic acids is 1. The molecule has 3 aromatic rings. The maximum atomic E-state index is 12.8. The number of nitrogens with zero attached hydrogens (tertiary/aromatic N) is 4. The normalized spacial score (nSPS) is 14.0. The second-order valence-corrected chi connectivity index (χ2v) is 7.63. The van der Waals surface area contributed by atoms with Gasteiger partial charge >= 0.3 is 5.57 Å². The molecule has 2 aromatic heterocycles. The number of pyridine rings is 1. The molecule has 162 valence electrons. The Kier molecular flexibility index (Phi) is 5.77. The summed E-state index contributed by atoms with van der Waals surface area (Å²) in [5, 5.41) is 7.20.